The third kappa shape index (κ3) is 7.79. The Kier molecular flexibility index (Phi) is 8.03. The Bertz CT molecular complexity index is 852. The Hall–Kier alpha value is -2.39. The molecule has 8 nitrogen and oxygen atoms in total. The lowest BCUT2D eigenvalue weighted by Gasteiger charge is -2.32. The van der Waals surface area contributed by atoms with Gasteiger partial charge in [0.1, 0.15) is 5.60 Å². The van der Waals surface area contributed by atoms with Crippen LogP contribution in [0.25, 0.3) is 0 Å². The van der Waals surface area contributed by atoms with Crippen molar-refractivity contribution >= 4 is 27.7 Å². The Morgan fingerprint density at radius 1 is 1.20 bits per heavy atom. The van der Waals surface area contributed by atoms with Crippen LogP contribution in [0.4, 0.5) is 10.5 Å². The van der Waals surface area contributed by atoms with Gasteiger partial charge >= 0.3 is 6.09 Å². The Morgan fingerprint density at radius 2 is 1.80 bits per heavy atom. The molecule has 1 saturated heterocycles. The maximum absolute atomic E-state index is 12.5. The number of carbonyl (C=O) groups excluding carboxylic acids is 2. The number of hydrogen-bond acceptors (Lipinski definition) is 5. The van der Waals surface area contributed by atoms with Crippen molar-refractivity contribution in [1.29, 1.82) is 0 Å². The van der Waals surface area contributed by atoms with Gasteiger partial charge in [0.15, 0.2) is 0 Å². The molecule has 9 heteroatoms. The maximum Gasteiger partial charge on any atom is 0.410 e. The van der Waals surface area contributed by atoms with Crippen molar-refractivity contribution in [3.05, 3.63) is 42.5 Å². The van der Waals surface area contributed by atoms with E-state index in [4.69, 9.17) is 4.74 Å². The summed E-state index contributed by atoms with van der Waals surface area (Å²) in [4.78, 5) is 26.3. The molecule has 0 bridgehead atoms. The lowest BCUT2D eigenvalue weighted by Crippen LogP contribution is -2.43. The molecule has 30 heavy (non-hydrogen) atoms. The van der Waals surface area contributed by atoms with E-state index in [-0.39, 0.29) is 30.2 Å². The molecule has 1 aliphatic heterocycles. The zero-order chi connectivity index (χ0) is 22.4. The van der Waals surface area contributed by atoms with E-state index in [9.17, 15) is 18.0 Å². The highest BCUT2D eigenvalue weighted by atomic mass is 32.2. The number of ether oxygens (including phenoxy) is 1. The fraction of sp³-hybridized carbons (Fsp3) is 0.524. The first kappa shape index (κ1) is 23.9. The van der Waals surface area contributed by atoms with Crippen LogP contribution in [0.1, 0.15) is 39.2 Å². The van der Waals surface area contributed by atoms with Crippen LogP contribution in [-0.4, -0.2) is 50.6 Å². The second kappa shape index (κ2) is 10.1. The number of benzene rings is 1. The molecular weight excluding hydrogens is 406 g/mol. The molecule has 1 heterocycles. The summed E-state index contributed by atoms with van der Waals surface area (Å²) in [6.45, 7) is 10.1. The summed E-state index contributed by atoms with van der Waals surface area (Å²) in [5.41, 5.74) is 0.684. The number of nitrogens with zero attached hydrogens (tertiary/aromatic N) is 1. The van der Waals surface area contributed by atoms with Gasteiger partial charge in [-0.15, -0.1) is 6.58 Å². The number of piperidine rings is 1. The average Bonchev–Trinajstić information content (AvgIpc) is 2.66. The van der Waals surface area contributed by atoms with Crippen LogP contribution in [0.3, 0.4) is 0 Å². The SMILES string of the molecule is C=CCNS(=O)(=O)Cc1ccc(NC(=O)C2CCN(C(=O)OC(C)(C)C)CC2)cc1. The van der Waals surface area contributed by atoms with Gasteiger partial charge in [-0.25, -0.2) is 17.9 Å². The van der Waals surface area contributed by atoms with E-state index < -0.39 is 15.6 Å². The zero-order valence-corrected chi connectivity index (χ0v) is 18.6. The number of sulfonamides is 1. The normalized spacial score (nSPS) is 15.5. The molecule has 1 aliphatic rings. The summed E-state index contributed by atoms with van der Waals surface area (Å²) in [5.74, 6) is -0.434. The molecule has 0 unspecified atom stereocenters. The van der Waals surface area contributed by atoms with E-state index in [1.807, 2.05) is 20.8 Å². The Balaban J connectivity index is 1.84. The fourth-order valence-corrected chi connectivity index (χ4v) is 4.14. The lowest BCUT2D eigenvalue weighted by molar-refractivity contribution is -0.121. The third-order valence-electron chi connectivity index (χ3n) is 4.54. The predicted molar refractivity (Wildman–Crippen MR) is 116 cm³/mol. The summed E-state index contributed by atoms with van der Waals surface area (Å²) in [5, 5.41) is 2.87. The minimum absolute atomic E-state index is 0.105. The average molecular weight is 438 g/mol. The van der Waals surface area contributed by atoms with Crippen molar-refractivity contribution in [1.82, 2.24) is 9.62 Å². The summed E-state index contributed by atoms with van der Waals surface area (Å²) >= 11 is 0. The van der Waals surface area contributed by atoms with E-state index in [1.165, 1.54) is 6.08 Å². The van der Waals surface area contributed by atoms with Gasteiger partial charge in [-0.2, -0.15) is 0 Å². The topological polar surface area (TPSA) is 105 Å². The molecule has 1 aromatic rings. The molecule has 1 fully saturated rings. The van der Waals surface area contributed by atoms with Crippen molar-refractivity contribution in [3.8, 4) is 0 Å². The molecule has 166 valence electrons. The minimum Gasteiger partial charge on any atom is -0.444 e. The summed E-state index contributed by atoms with van der Waals surface area (Å²) in [6, 6.07) is 6.72. The standard InChI is InChI=1S/C21H31N3O5S/c1-5-12-22-30(27,28)15-16-6-8-18(9-7-16)23-19(25)17-10-13-24(14-11-17)20(26)29-21(2,3)4/h5-9,17,22H,1,10-15H2,2-4H3,(H,23,25). The van der Waals surface area contributed by atoms with Crippen molar-refractivity contribution in [2.45, 2.75) is 45.0 Å². The first-order chi connectivity index (χ1) is 14.0. The molecule has 0 saturated carbocycles. The second-order valence-corrected chi connectivity index (χ2v) is 10.1. The predicted octanol–water partition coefficient (Wildman–Crippen LogP) is 2.88. The van der Waals surface area contributed by atoms with Gasteiger partial charge in [0.2, 0.25) is 15.9 Å². The summed E-state index contributed by atoms with van der Waals surface area (Å²) in [6.07, 6.45) is 2.26. The maximum atomic E-state index is 12.5. The molecule has 0 radical (unpaired) electrons. The van der Waals surface area contributed by atoms with E-state index in [1.54, 1.807) is 29.2 Å². The van der Waals surface area contributed by atoms with Gasteiger partial charge in [0.25, 0.3) is 0 Å². The number of carbonyl (C=O) groups is 2. The highest BCUT2D eigenvalue weighted by molar-refractivity contribution is 7.88. The van der Waals surface area contributed by atoms with Crippen LogP contribution < -0.4 is 10.0 Å². The Morgan fingerprint density at radius 3 is 2.33 bits per heavy atom. The monoisotopic (exact) mass is 437 g/mol. The van der Waals surface area contributed by atoms with Crippen molar-refractivity contribution in [2.75, 3.05) is 25.0 Å². The molecule has 2 rings (SSSR count). The van der Waals surface area contributed by atoms with Gasteiger partial charge in [-0.3, -0.25) is 4.79 Å². The van der Waals surface area contributed by atoms with Crippen LogP contribution in [0.15, 0.2) is 36.9 Å². The summed E-state index contributed by atoms with van der Waals surface area (Å²) in [7, 11) is -3.42. The van der Waals surface area contributed by atoms with E-state index >= 15 is 0 Å². The van der Waals surface area contributed by atoms with Crippen LogP contribution in [0, 0.1) is 5.92 Å². The third-order valence-corrected chi connectivity index (χ3v) is 5.86. The molecule has 2 N–H and O–H groups in total. The number of likely N-dealkylation sites (tertiary alicyclic amines) is 1. The van der Waals surface area contributed by atoms with E-state index in [0.717, 1.165) is 0 Å². The minimum atomic E-state index is -3.42. The van der Waals surface area contributed by atoms with E-state index in [2.05, 4.69) is 16.6 Å². The van der Waals surface area contributed by atoms with Crippen molar-refractivity contribution < 1.29 is 22.7 Å². The summed E-state index contributed by atoms with van der Waals surface area (Å²) < 4.78 is 31.6. The lowest BCUT2D eigenvalue weighted by atomic mass is 9.96. The van der Waals surface area contributed by atoms with Gasteiger partial charge in [0.05, 0.1) is 5.75 Å². The highest BCUT2D eigenvalue weighted by Crippen LogP contribution is 2.22. The van der Waals surface area contributed by atoms with Crippen LogP contribution in [0.2, 0.25) is 0 Å². The highest BCUT2D eigenvalue weighted by Gasteiger charge is 2.29. The number of amides is 2. The van der Waals surface area contributed by atoms with Crippen LogP contribution >= 0.6 is 0 Å². The molecule has 0 aromatic heterocycles. The Labute approximate surface area is 178 Å². The molecule has 0 spiro atoms. The molecule has 0 atom stereocenters. The number of anilines is 1. The quantitative estimate of drug-likeness (QED) is 0.638. The van der Waals surface area contributed by atoms with Gasteiger partial charge in [0, 0.05) is 31.2 Å². The zero-order valence-electron chi connectivity index (χ0n) is 17.8. The number of nitrogens with one attached hydrogen (secondary N) is 2. The largest absolute Gasteiger partial charge is 0.444 e. The van der Waals surface area contributed by atoms with Crippen molar-refractivity contribution in [2.24, 2.45) is 5.92 Å². The smallest absolute Gasteiger partial charge is 0.410 e. The fourth-order valence-electron chi connectivity index (χ4n) is 3.04. The van der Waals surface area contributed by atoms with Crippen molar-refractivity contribution in [3.63, 3.8) is 0 Å². The molecule has 2 amide bonds. The number of rotatable bonds is 7. The molecule has 0 aliphatic carbocycles. The van der Waals surface area contributed by atoms with Crippen LogP contribution in [0.5, 0.6) is 0 Å². The van der Waals surface area contributed by atoms with Gasteiger partial charge in [-0.05, 0) is 51.3 Å². The molecular formula is C21H31N3O5S. The van der Waals surface area contributed by atoms with Gasteiger partial charge < -0.3 is 15.0 Å². The van der Waals surface area contributed by atoms with Gasteiger partial charge in [-0.1, -0.05) is 18.2 Å². The molecule has 1 aromatic carbocycles. The first-order valence-electron chi connectivity index (χ1n) is 9.95. The van der Waals surface area contributed by atoms with E-state index in [0.29, 0.717) is 37.2 Å². The number of hydrogen-bond donors (Lipinski definition) is 2. The van der Waals surface area contributed by atoms with Crippen LogP contribution in [-0.2, 0) is 25.3 Å². The first-order valence-corrected chi connectivity index (χ1v) is 11.6. The second-order valence-electron chi connectivity index (χ2n) is 8.32.